The van der Waals surface area contributed by atoms with Gasteiger partial charge in [0, 0.05) is 19.8 Å². The zero-order valence-electron chi connectivity index (χ0n) is 13.0. The Hall–Kier alpha value is -2.07. The number of aromatic hydroxyl groups is 1. The Morgan fingerprint density at radius 2 is 1.82 bits per heavy atom. The molecule has 0 unspecified atom stereocenters. The van der Waals surface area contributed by atoms with Crippen LogP contribution in [0.25, 0.3) is 10.8 Å². The van der Waals surface area contributed by atoms with Crippen LogP contribution in [0.5, 0.6) is 5.75 Å². The third-order valence-corrected chi connectivity index (χ3v) is 3.50. The molecule has 0 saturated heterocycles. The summed E-state index contributed by atoms with van der Waals surface area (Å²) in [5, 5.41) is 14.7. The van der Waals surface area contributed by atoms with Crippen molar-refractivity contribution in [2.24, 2.45) is 0 Å². The highest BCUT2D eigenvalue weighted by molar-refractivity contribution is 6.01. The number of amides is 1. The van der Waals surface area contributed by atoms with E-state index in [1.165, 1.54) is 0 Å². The maximum Gasteiger partial charge on any atom is 0.255 e. The molecule has 2 aromatic carbocycles. The SMILES string of the molecule is CCCCOCCCNC(=O)c1cc2ccccc2cc1O. The Kier molecular flexibility index (Phi) is 6.22. The van der Waals surface area contributed by atoms with E-state index in [1.54, 1.807) is 12.1 Å². The minimum atomic E-state index is -0.253. The molecule has 4 nitrogen and oxygen atoms in total. The molecule has 0 radical (unpaired) electrons. The average Bonchev–Trinajstić information content (AvgIpc) is 2.53. The molecule has 0 fully saturated rings. The van der Waals surface area contributed by atoms with E-state index in [9.17, 15) is 9.90 Å². The van der Waals surface area contributed by atoms with Gasteiger partial charge in [0.2, 0.25) is 0 Å². The van der Waals surface area contributed by atoms with Crippen LogP contribution in [0.3, 0.4) is 0 Å². The van der Waals surface area contributed by atoms with Crippen molar-refractivity contribution in [3.63, 3.8) is 0 Å². The fourth-order valence-corrected chi connectivity index (χ4v) is 2.23. The largest absolute Gasteiger partial charge is 0.507 e. The Morgan fingerprint density at radius 3 is 2.55 bits per heavy atom. The van der Waals surface area contributed by atoms with Crippen LogP contribution >= 0.6 is 0 Å². The number of benzene rings is 2. The van der Waals surface area contributed by atoms with Gasteiger partial charge in [-0.1, -0.05) is 37.6 Å². The van der Waals surface area contributed by atoms with Crippen LogP contribution in [-0.4, -0.2) is 30.8 Å². The van der Waals surface area contributed by atoms with Gasteiger partial charge in [-0.3, -0.25) is 4.79 Å². The number of carbonyl (C=O) groups is 1. The van der Waals surface area contributed by atoms with Crippen molar-refractivity contribution in [1.29, 1.82) is 0 Å². The van der Waals surface area contributed by atoms with Crippen molar-refractivity contribution in [1.82, 2.24) is 5.32 Å². The Morgan fingerprint density at radius 1 is 1.14 bits per heavy atom. The highest BCUT2D eigenvalue weighted by Crippen LogP contribution is 2.24. The summed E-state index contributed by atoms with van der Waals surface area (Å²) in [6, 6.07) is 11.0. The third kappa shape index (κ3) is 4.46. The zero-order valence-corrected chi connectivity index (χ0v) is 13.0. The lowest BCUT2D eigenvalue weighted by molar-refractivity contribution is 0.0938. The van der Waals surface area contributed by atoms with E-state index in [2.05, 4.69) is 12.2 Å². The van der Waals surface area contributed by atoms with Gasteiger partial charge in [0.1, 0.15) is 5.75 Å². The molecule has 0 spiro atoms. The van der Waals surface area contributed by atoms with Gasteiger partial charge in [0.25, 0.3) is 5.91 Å². The lowest BCUT2D eigenvalue weighted by Gasteiger charge is -2.09. The highest BCUT2D eigenvalue weighted by Gasteiger charge is 2.11. The van der Waals surface area contributed by atoms with E-state index < -0.39 is 0 Å². The predicted octanol–water partition coefficient (Wildman–Crippen LogP) is 3.48. The van der Waals surface area contributed by atoms with Gasteiger partial charge < -0.3 is 15.2 Å². The molecule has 118 valence electrons. The Labute approximate surface area is 131 Å². The fourth-order valence-electron chi connectivity index (χ4n) is 2.23. The molecule has 0 heterocycles. The molecular formula is C18H23NO3. The lowest BCUT2D eigenvalue weighted by atomic mass is 10.1. The quantitative estimate of drug-likeness (QED) is 0.734. The maximum atomic E-state index is 12.1. The molecule has 1 amide bonds. The first-order chi connectivity index (χ1) is 10.7. The minimum absolute atomic E-state index is 0.00963. The van der Waals surface area contributed by atoms with E-state index in [-0.39, 0.29) is 11.7 Å². The van der Waals surface area contributed by atoms with Crippen molar-refractivity contribution >= 4 is 16.7 Å². The van der Waals surface area contributed by atoms with Gasteiger partial charge in [-0.05, 0) is 35.7 Å². The normalized spacial score (nSPS) is 10.8. The summed E-state index contributed by atoms with van der Waals surface area (Å²) in [5.74, 6) is -0.243. The van der Waals surface area contributed by atoms with Crippen LogP contribution in [0.2, 0.25) is 0 Å². The summed E-state index contributed by atoms with van der Waals surface area (Å²) in [6.45, 7) is 4.08. The van der Waals surface area contributed by atoms with Crippen molar-refractivity contribution < 1.29 is 14.6 Å². The van der Waals surface area contributed by atoms with Gasteiger partial charge in [-0.25, -0.2) is 0 Å². The Balaban J connectivity index is 1.86. The zero-order chi connectivity index (χ0) is 15.8. The molecule has 0 aliphatic heterocycles. The summed E-state index contributed by atoms with van der Waals surface area (Å²) in [4.78, 5) is 12.1. The number of rotatable bonds is 8. The predicted molar refractivity (Wildman–Crippen MR) is 88.3 cm³/mol. The second kappa shape index (κ2) is 8.39. The molecule has 2 N–H and O–H groups in total. The van der Waals surface area contributed by atoms with Crippen LogP contribution in [0.15, 0.2) is 36.4 Å². The van der Waals surface area contributed by atoms with E-state index in [1.807, 2.05) is 24.3 Å². The highest BCUT2D eigenvalue weighted by atomic mass is 16.5. The minimum Gasteiger partial charge on any atom is -0.507 e. The molecule has 0 aliphatic rings. The second-order valence-electron chi connectivity index (χ2n) is 5.29. The van der Waals surface area contributed by atoms with Crippen LogP contribution in [0.1, 0.15) is 36.5 Å². The fraction of sp³-hybridized carbons (Fsp3) is 0.389. The van der Waals surface area contributed by atoms with Crippen LogP contribution in [0.4, 0.5) is 0 Å². The molecule has 4 heteroatoms. The Bertz CT molecular complexity index is 625. The number of fused-ring (bicyclic) bond motifs is 1. The van der Waals surface area contributed by atoms with Gasteiger partial charge >= 0.3 is 0 Å². The molecule has 0 aromatic heterocycles. The van der Waals surface area contributed by atoms with Crippen LogP contribution < -0.4 is 5.32 Å². The lowest BCUT2D eigenvalue weighted by Crippen LogP contribution is -2.25. The molecule has 0 bridgehead atoms. The third-order valence-electron chi connectivity index (χ3n) is 3.50. The number of nitrogens with one attached hydrogen (secondary N) is 1. The first-order valence-corrected chi connectivity index (χ1v) is 7.80. The topological polar surface area (TPSA) is 58.6 Å². The number of carbonyl (C=O) groups excluding carboxylic acids is 1. The number of ether oxygens (including phenoxy) is 1. The summed E-state index contributed by atoms with van der Waals surface area (Å²) in [7, 11) is 0. The number of hydrogen-bond acceptors (Lipinski definition) is 3. The van der Waals surface area contributed by atoms with Gasteiger partial charge in [0.15, 0.2) is 0 Å². The van der Waals surface area contributed by atoms with Crippen molar-refractivity contribution in [3.8, 4) is 5.75 Å². The standard InChI is InChI=1S/C18H23NO3/c1-2-3-10-22-11-6-9-19-18(21)16-12-14-7-4-5-8-15(14)13-17(16)20/h4-5,7-8,12-13,20H,2-3,6,9-11H2,1H3,(H,19,21). The van der Waals surface area contributed by atoms with Gasteiger partial charge in [-0.2, -0.15) is 0 Å². The average molecular weight is 301 g/mol. The van der Waals surface area contributed by atoms with Crippen molar-refractivity contribution in [2.75, 3.05) is 19.8 Å². The first kappa shape index (κ1) is 16.3. The maximum absolute atomic E-state index is 12.1. The second-order valence-corrected chi connectivity index (χ2v) is 5.29. The molecule has 2 aromatic rings. The number of unbranched alkanes of at least 4 members (excludes halogenated alkanes) is 1. The van der Waals surface area contributed by atoms with E-state index in [0.29, 0.717) is 18.7 Å². The van der Waals surface area contributed by atoms with E-state index in [0.717, 1.165) is 36.6 Å². The summed E-state index contributed by atoms with van der Waals surface area (Å²) >= 11 is 0. The molecular weight excluding hydrogens is 278 g/mol. The number of hydrogen-bond donors (Lipinski definition) is 2. The van der Waals surface area contributed by atoms with E-state index >= 15 is 0 Å². The monoisotopic (exact) mass is 301 g/mol. The van der Waals surface area contributed by atoms with Crippen molar-refractivity contribution in [2.45, 2.75) is 26.2 Å². The van der Waals surface area contributed by atoms with Crippen LogP contribution in [-0.2, 0) is 4.74 Å². The first-order valence-electron chi connectivity index (χ1n) is 7.80. The van der Waals surface area contributed by atoms with Crippen LogP contribution in [0, 0.1) is 0 Å². The molecule has 22 heavy (non-hydrogen) atoms. The summed E-state index contributed by atoms with van der Waals surface area (Å²) in [6.07, 6.45) is 2.96. The van der Waals surface area contributed by atoms with Crippen molar-refractivity contribution in [3.05, 3.63) is 42.0 Å². The molecule has 0 saturated carbocycles. The number of phenols is 1. The summed E-state index contributed by atoms with van der Waals surface area (Å²) < 4.78 is 5.44. The molecule has 0 atom stereocenters. The van der Waals surface area contributed by atoms with Gasteiger partial charge in [0.05, 0.1) is 5.56 Å². The summed E-state index contributed by atoms with van der Waals surface area (Å²) in [5.41, 5.74) is 0.311. The number of phenolic OH excluding ortho intramolecular Hbond substituents is 1. The smallest absolute Gasteiger partial charge is 0.255 e. The molecule has 2 rings (SSSR count). The molecule has 0 aliphatic carbocycles. The van der Waals surface area contributed by atoms with E-state index in [4.69, 9.17) is 4.74 Å². The van der Waals surface area contributed by atoms with Gasteiger partial charge in [-0.15, -0.1) is 0 Å².